The van der Waals surface area contributed by atoms with Gasteiger partial charge in [-0.25, -0.2) is 0 Å². The van der Waals surface area contributed by atoms with E-state index in [0.717, 1.165) is 11.9 Å². The lowest BCUT2D eigenvalue weighted by Gasteiger charge is -2.13. The third-order valence-electron chi connectivity index (χ3n) is 3.10. The number of benzene rings is 1. The lowest BCUT2D eigenvalue weighted by atomic mass is 10.1. The average molecular weight is 284 g/mol. The van der Waals surface area contributed by atoms with Crippen LogP contribution >= 0.6 is 0 Å². The minimum atomic E-state index is -4.33. The molecule has 1 aromatic heterocycles. The Morgan fingerprint density at radius 1 is 1.15 bits per heavy atom. The lowest BCUT2D eigenvalue weighted by molar-refractivity contribution is -0.138. The molecule has 108 valence electrons. The molecule has 1 heterocycles. The first-order chi connectivity index (χ1) is 9.39. The number of hydrogen-bond acceptors (Lipinski definition) is 3. The Labute approximate surface area is 114 Å². The molecule has 0 saturated carbocycles. The minimum absolute atomic E-state index is 0.127. The average Bonchev–Trinajstić information content (AvgIpc) is 2.70. The zero-order valence-electron chi connectivity index (χ0n) is 11.2. The number of nitrogens with one attached hydrogen (secondary N) is 1. The Bertz CT molecular complexity index is 590. The molecule has 0 spiro atoms. The molecule has 0 radical (unpaired) electrons. The van der Waals surface area contributed by atoms with Crippen molar-refractivity contribution in [2.24, 2.45) is 7.05 Å². The van der Waals surface area contributed by atoms with Gasteiger partial charge in [0.15, 0.2) is 0 Å². The van der Waals surface area contributed by atoms with Crippen molar-refractivity contribution in [1.29, 1.82) is 0 Å². The Kier molecular flexibility index (Phi) is 4.08. The molecule has 0 aliphatic heterocycles. The molecule has 7 heteroatoms. The summed E-state index contributed by atoms with van der Waals surface area (Å²) >= 11 is 0. The van der Waals surface area contributed by atoms with E-state index in [1.165, 1.54) is 12.1 Å². The van der Waals surface area contributed by atoms with E-state index in [-0.39, 0.29) is 12.1 Å². The molecular weight excluding hydrogens is 269 g/mol. The first-order valence-corrected chi connectivity index (χ1v) is 6.10. The molecule has 20 heavy (non-hydrogen) atoms. The fourth-order valence-electron chi connectivity index (χ4n) is 1.86. The number of alkyl halides is 3. The Morgan fingerprint density at radius 2 is 1.85 bits per heavy atom. The van der Waals surface area contributed by atoms with E-state index >= 15 is 0 Å². The Hall–Kier alpha value is -1.89. The summed E-state index contributed by atoms with van der Waals surface area (Å²) in [7, 11) is 1.82. The molecule has 0 unspecified atom stereocenters. The summed E-state index contributed by atoms with van der Waals surface area (Å²) in [5.74, 6) is 1.45. The quantitative estimate of drug-likeness (QED) is 0.937. The fourth-order valence-corrected chi connectivity index (χ4v) is 1.86. The van der Waals surface area contributed by atoms with Gasteiger partial charge < -0.3 is 9.88 Å². The summed E-state index contributed by atoms with van der Waals surface area (Å²) in [6.07, 6.45) is -4.33. The van der Waals surface area contributed by atoms with Crippen molar-refractivity contribution in [2.75, 3.05) is 0 Å². The number of halogens is 3. The summed E-state index contributed by atoms with van der Waals surface area (Å²) in [5.41, 5.74) is -0.388. The van der Waals surface area contributed by atoms with E-state index in [9.17, 15) is 13.2 Å². The van der Waals surface area contributed by atoms with E-state index in [1.54, 1.807) is 10.6 Å². The van der Waals surface area contributed by atoms with Crippen LogP contribution in [0.3, 0.4) is 0 Å². The molecule has 0 aliphatic rings. The van der Waals surface area contributed by atoms with Crippen molar-refractivity contribution in [1.82, 2.24) is 20.1 Å². The number of aromatic nitrogens is 3. The van der Waals surface area contributed by atoms with Gasteiger partial charge in [-0.2, -0.15) is 13.2 Å². The van der Waals surface area contributed by atoms with Gasteiger partial charge >= 0.3 is 6.18 Å². The molecule has 0 amide bonds. The molecular formula is C13H15F3N4. The van der Waals surface area contributed by atoms with Gasteiger partial charge in [0.25, 0.3) is 0 Å². The van der Waals surface area contributed by atoms with Crippen LogP contribution in [0.15, 0.2) is 24.3 Å². The van der Waals surface area contributed by atoms with Gasteiger partial charge in [-0.1, -0.05) is 18.2 Å². The van der Waals surface area contributed by atoms with Crippen LogP contribution in [0.4, 0.5) is 13.2 Å². The second kappa shape index (κ2) is 5.62. The second-order valence-electron chi connectivity index (χ2n) is 4.48. The first kappa shape index (κ1) is 14.5. The molecule has 2 rings (SSSR count). The fraction of sp³-hybridized carbons (Fsp3) is 0.385. The predicted octanol–water partition coefficient (Wildman–Crippen LogP) is 2.43. The normalized spacial score (nSPS) is 11.8. The molecule has 2 aromatic rings. The minimum Gasteiger partial charge on any atom is -0.317 e. The van der Waals surface area contributed by atoms with Crippen LogP contribution in [0.1, 0.15) is 22.8 Å². The number of hydrogen-bond donors (Lipinski definition) is 1. The molecule has 0 atom stereocenters. The number of nitrogens with zero attached hydrogens (tertiary/aromatic N) is 3. The van der Waals surface area contributed by atoms with Crippen molar-refractivity contribution in [3.8, 4) is 0 Å². The van der Waals surface area contributed by atoms with Crippen LogP contribution in [0.5, 0.6) is 0 Å². The SMILES string of the molecule is Cc1nnc(CNCc2ccccc2C(F)(F)F)n1C. The third-order valence-corrected chi connectivity index (χ3v) is 3.10. The van der Waals surface area contributed by atoms with Crippen molar-refractivity contribution < 1.29 is 13.2 Å². The topological polar surface area (TPSA) is 42.7 Å². The molecule has 1 aromatic carbocycles. The maximum atomic E-state index is 12.8. The number of aryl methyl sites for hydroxylation is 1. The molecule has 0 saturated heterocycles. The van der Waals surface area contributed by atoms with E-state index < -0.39 is 11.7 Å². The van der Waals surface area contributed by atoms with Gasteiger partial charge in [0, 0.05) is 13.6 Å². The first-order valence-electron chi connectivity index (χ1n) is 6.10. The van der Waals surface area contributed by atoms with Crippen LogP contribution in [-0.4, -0.2) is 14.8 Å². The van der Waals surface area contributed by atoms with Gasteiger partial charge in [-0.15, -0.1) is 10.2 Å². The van der Waals surface area contributed by atoms with Crippen molar-refractivity contribution in [3.63, 3.8) is 0 Å². The third kappa shape index (κ3) is 3.16. The van der Waals surface area contributed by atoms with Gasteiger partial charge in [-0.05, 0) is 18.6 Å². The van der Waals surface area contributed by atoms with E-state index in [0.29, 0.717) is 12.4 Å². The van der Waals surface area contributed by atoms with Gasteiger partial charge in [0.1, 0.15) is 11.6 Å². The summed E-state index contributed by atoms with van der Waals surface area (Å²) in [6, 6.07) is 5.54. The van der Waals surface area contributed by atoms with Crippen molar-refractivity contribution in [3.05, 3.63) is 47.0 Å². The second-order valence-corrected chi connectivity index (χ2v) is 4.48. The highest BCUT2D eigenvalue weighted by Gasteiger charge is 2.32. The van der Waals surface area contributed by atoms with Crippen LogP contribution in [0.2, 0.25) is 0 Å². The molecule has 0 fully saturated rings. The maximum absolute atomic E-state index is 12.8. The monoisotopic (exact) mass is 284 g/mol. The summed E-state index contributed by atoms with van der Waals surface area (Å²) in [4.78, 5) is 0. The molecule has 4 nitrogen and oxygen atoms in total. The van der Waals surface area contributed by atoms with Gasteiger partial charge in [0.05, 0.1) is 12.1 Å². The molecule has 1 N–H and O–H groups in total. The molecule has 0 bridgehead atoms. The largest absolute Gasteiger partial charge is 0.416 e. The maximum Gasteiger partial charge on any atom is 0.416 e. The van der Waals surface area contributed by atoms with E-state index in [1.807, 2.05) is 14.0 Å². The number of rotatable bonds is 4. The molecule has 0 aliphatic carbocycles. The highest BCUT2D eigenvalue weighted by atomic mass is 19.4. The van der Waals surface area contributed by atoms with Crippen LogP contribution in [0, 0.1) is 6.92 Å². The van der Waals surface area contributed by atoms with Crippen LogP contribution in [0.25, 0.3) is 0 Å². The Balaban J connectivity index is 2.03. The van der Waals surface area contributed by atoms with Crippen molar-refractivity contribution >= 4 is 0 Å². The highest BCUT2D eigenvalue weighted by molar-refractivity contribution is 5.29. The highest BCUT2D eigenvalue weighted by Crippen LogP contribution is 2.31. The summed E-state index contributed by atoms with van der Waals surface area (Å²) < 4.78 is 40.2. The van der Waals surface area contributed by atoms with Gasteiger partial charge in [-0.3, -0.25) is 0 Å². The van der Waals surface area contributed by atoms with Gasteiger partial charge in [0.2, 0.25) is 0 Å². The zero-order chi connectivity index (χ0) is 14.8. The zero-order valence-corrected chi connectivity index (χ0v) is 11.2. The van der Waals surface area contributed by atoms with E-state index in [2.05, 4.69) is 15.5 Å². The standard InChI is InChI=1S/C13H15F3N4/c1-9-18-19-12(20(9)2)8-17-7-10-5-3-4-6-11(10)13(14,15)16/h3-6,17H,7-8H2,1-2H3. The smallest absolute Gasteiger partial charge is 0.317 e. The van der Waals surface area contributed by atoms with E-state index in [4.69, 9.17) is 0 Å². The lowest BCUT2D eigenvalue weighted by Crippen LogP contribution is -2.19. The Morgan fingerprint density at radius 3 is 2.45 bits per heavy atom. The van der Waals surface area contributed by atoms with Crippen LogP contribution < -0.4 is 5.32 Å². The predicted molar refractivity (Wildman–Crippen MR) is 67.7 cm³/mol. The van der Waals surface area contributed by atoms with Crippen LogP contribution in [-0.2, 0) is 26.3 Å². The summed E-state index contributed by atoms with van der Waals surface area (Å²) in [5, 5.41) is 10.8. The summed E-state index contributed by atoms with van der Waals surface area (Å²) in [6.45, 7) is 2.31. The van der Waals surface area contributed by atoms with Crippen molar-refractivity contribution in [2.45, 2.75) is 26.2 Å².